The second-order valence-electron chi connectivity index (χ2n) is 3.85. The van der Waals surface area contributed by atoms with Crippen LogP contribution >= 0.6 is 27.3 Å². The summed E-state index contributed by atoms with van der Waals surface area (Å²) >= 11 is 4.80. The fraction of sp³-hybridized carbons (Fsp3) is 0. The van der Waals surface area contributed by atoms with E-state index in [-0.39, 0.29) is 5.78 Å². The number of nitrogens with zero attached hydrogens (tertiary/aromatic N) is 1. The van der Waals surface area contributed by atoms with Gasteiger partial charge in [0.25, 0.3) is 0 Å². The van der Waals surface area contributed by atoms with Gasteiger partial charge in [-0.2, -0.15) is 0 Å². The zero-order valence-corrected chi connectivity index (χ0v) is 11.7. The Labute approximate surface area is 116 Å². The third kappa shape index (κ3) is 2.09. The van der Waals surface area contributed by atoms with Gasteiger partial charge in [0.2, 0.25) is 5.78 Å². The molecule has 0 bridgehead atoms. The Kier molecular flexibility index (Phi) is 2.97. The first-order chi connectivity index (χ1) is 8.74. The largest absolute Gasteiger partial charge is 0.288 e. The molecule has 0 saturated heterocycles. The lowest BCUT2D eigenvalue weighted by molar-refractivity contribution is 0.104. The molecule has 0 aliphatic heterocycles. The molecule has 1 aromatic carbocycles. The minimum atomic E-state index is 0.0175. The quantitative estimate of drug-likeness (QED) is 0.660. The van der Waals surface area contributed by atoms with Gasteiger partial charge in [-0.05, 0) is 40.2 Å². The molecule has 2 nitrogen and oxygen atoms in total. The van der Waals surface area contributed by atoms with Gasteiger partial charge in [0.1, 0.15) is 0 Å². The molecule has 0 fully saturated rings. The molecule has 18 heavy (non-hydrogen) atoms. The number of thiophene rings is 1. The topological polar surface area (TPSA) is 30.0 Å². The number of fused-ring (bicyclic) bond motifs is 1. The predicted octanol–water partition coefficient (Wildman–Crippen LogP) is 4.29. The summed E-state index contributed by atoms with van der Waals surface area (Å²) in [6.45, 7) is 0. The highest BCUT2D eigenvalue weighted by Crippen LogP contribution is 2.25. The van der Waals surface area contributed by atoms with Crippen LogP contribution in [-0.4, -0.2) is 10.8 Å². The van der Waals surface area contributed by atoms with E-state index in [1.54, 1.807) is 6.20 Å². The number of ketones is 1. The van der Waals surface area contributed by atoms with Gasteiger partial charge in [-0.25, -0.2) is 0 Å². The molecule has 0 aliphatic rings. The Morgan fingerprint density at radius 3 is 2.78 bits per heavy atom. The summed E-state index contributed by atoms with van der Waals surface area (Å²) in [7, 11) is 0. The third-order valence-corrected chi connectivity index (χ3v) is 4.27. The summed E-state index contributed by atoms with van der Waals surface area (Å²) < 4.78 is 0.958. The molecule has 0 radical (unpaired) electrons. The van der Waals surface area contributed by atoms with Crippen molar-refractivity contribution in [2.45, 2.75) is 0 Å². The molecule has 0 N–H and O–H groups in total. The molecular weight excluding hydrogens is 310 g/mol. The zero-order chi connectivity index (χ0) is 12.5. The Morgan fingerprint density at radius 1 is 1.17 bits per heavy atom. The Hall–Kier alpha value is -1.52. The maximum absolute atomic E-state index is 12.3. The lowest BCUT2D eigenvalue weighted by Gasteiger charge is -2.00. The molecule has 3 rings (SSSR count). The van der Waals surface area contributed by atoms with E-state index in [0.29, 0.717) is 5.56 Å². The van der Waals surface area contributed by atoms with E-state index < -0.39 is 0 Å². The molecule has 0 unspecified atom stereocenters. The van der Waals surface area contributed by atoms with E-state index in [9.17, 15) is 4.79 Å². The number of benzene rings is 1. The number of para-hydroxylation sites is 1. The van der Waals surface area contributed by atoms with E-state index in [1.165, 1.54) is 11.3 Å². The minimum absolute atomic E-state index is 0.0175. The van der Waals surface area contributed by atoms with Crippen LogP contribution in [0.3, 0.4) is 0 Å². The highest BCUT2D eigenvalue weighted by Gasteiger charge is 2.12. The fourth-order valence-electron chi connectivity index (χ4n) is 1.77. The van der Waals surface area contributed by atoms with Gasteiger partial charge in [-0.3, -0.25) is 9.78 Å². The molecule has 3 aromatic rings. The molecule has 0 atom stereocenters. The normalized spacial score (nSPS) is 10.7. The first kappa shape index (κ1) is 11.6. The number of rotatable bonds is 2. The fourth-order valence-corrected chi connectivity index (χ4v) is 3.12. The van der Waals surface area contributed by atoms with Crippen molar-refractivity contribution in [2.75, 3.05) is 0 Å². The van der Waals surface area contributed by atoms with E-state index in [2.05, 4.69) is 20.9 Å². The predicted molar refractivity (Wildman–Crippen MR) is 77.2 cm³/mol. The lowest BCUT2D eigenvalue weighted by Crippen LogP contribution is -1.99. The van der Waals surface area contributed by atoms with Crippen LogP contribution in [0.25, 0.3) is 10.9 Å². The van der Waals surface area contributed by atoms with Crippen molar-refractivity contribution >= 4 is 44.0 Å². The van der Waals surface area contributed by atoms with Gasteiger partial charge < -0.3 is 0 Å². The molecule has 2 heterocycles. The number of hydrogen-bond donors (Lipinski definition) is 0. The smallest absolute Gasteiger partial charge is 0.204 e. The van der Waals surface area contributed by atoms with Gasteiger partial charge in [0.15, 0.2) is 0 Å². The van der Waals surface area contributed by atoms with Gasteiger partial charge in [-0.1, -0.05) is 18.2 Å². The molecule has 0 aliphatic carbocycles. The number of hydrogen-bond acceptors (Lipinski definition) is 3. The Morgan fingerprint density at radius 2 is 2.00 bits per heavy atom. The summed E-state index contributed by atoms with van der Waals surface area (Å²) in [6, 6.07) is 13.4. The lowest BCUT2D eigenvalue weighted by atomic mass is 10.1. The van der Waals surface area contributed by atoms with Crippen LogP contribution in [0.5, 0.6) is 0 Å². The average molecular weight is 318 g/mol. The van der Waals surface area contributed by atoms with Crippen molar-refractivity contribution in [3.05, 3.63) is 62.9 Å². The molecule has 88 valence electrons. The summed E-state index contributed by atoms with van der Waals surface area (Å²) in [5, 5.41) is 0.985. The first-order valence-electron chi connectivity index (χ1n) is 5.39. The number of aromatic nitrogens is 1. The molecule has 0 spiro atoms. The minimum Gasteiger partial charge on any atom is -0.288 e. The van der Waals surface area contributed by atoms with E-state index in [0.717, 1.165) is 19.6 Å². The van der Waals surface area contributed by atoms with E-state index >= 15 is 0 Å². The van der Waals surface area contributed by atoms with Crippen LogP contribution in [0.4, 0.5) is 0 Å². The Bertz CT molecular complexity index is 735. The molecule has 0 saturated carbocycles. The van der Waals surface area contributed by atoms with Crippen LogP contribution in [0, 0.1) is 0 Å². The van der Waals surface area contributed by atoms with Crippen LogP contribution in [0.15, 0.2) is 52.4 Å². The highest BCUT2D eigenvalue weighted by atomic mass is 79.9. The number of halogens is 1. The van der Waals surface area contributed by atoms with E-state index in [1.807, 2.05) is 42.5 Å². The average Bonchev–Trinajstić information content (AvgIpc) is 2.84. The summed E-state index contributed by atoms with van der Waals surface area (Å²) in [6.07, 6.45) is 1.64. The molecule has 0 amide bonds. The van der Waals surface area contributed by atoms with Crippen LogP contribution < -0.4 is 0 Å². The monoisotopic (exact) mass is 317 g/mol. The summed E-state index contributed by atoms with van der Waals surface area (Å²) in [4.78, 5) is 17.3. The third-order valence-electron chi connectivity index (χ3n) is 2.65. The number of carbonyl (C=O) groups is 1. The van der Waals surface area contributed by atoms with E-state index in [4.69, 9.17) is 0 Å². The van der Waals surface area contributed by atoms with Crippen molar-refractivity contribution in [3.63, 3.8) is 0 Å². The maximum Gasteiger partial charge on any atom is 0.204 e. The van der Waals surface area contributed by atoms with Crippen LogP contribution in [-0.2, 0) is 0 Å². The van der Waals surface area contributed by atoms with Gasteiger partial charge in [-0.15, -0.1) is 11.3 Å². The highest BCUT2D eigenvalue weighted by molar-refractivity contribution is 9.11. The molecule has 2 aromatic heterocycles. The summed E-state index contributed by atoms with van der Waals surface area (Å²) in [5.41, 5.74) is 1.53. The molecule has 4 heteroatoms. The number of carbonyl (C=O) groups excluding carboxylic acids is 1. The first-order valence-corrected chi connectivity index (χ1v) is 7.00. The summed E-state index contributed by atoms with van der Waals surface area (Å²) in [5.74, 6) is 0.0175. The Balaban J connectivity index is 2.06. The van der Waals surface area contributed by atoms with Crippen molar-refractivity contribution < 1.29 is 4.79 Å². The number of pyridine rings is 1. The second kappa shape index (κ2) is 4.63. The maximum atomic E-state index is 12.3. The molecular formula is C14H8BrNOS. The van der Waals surface area contributed by atoms with Crippen molar-refractivity contribution in [3.8, 4) is 0 Å². The SMILES string of the molecule is O=C(c1cnc2ccccc2c1)c1ccc(Br)s1. The van der Waals surface area contributed by atoms with Crippen molar-refractivity contribution in [2.24, 2.45) is 0 Å². The van der Waals surface area contributed by atoms with Crippen LogP contribution in [0.2, 0.25) is 0 Å². The van der Waals surface area contributed by atoms with Gasteiger partial charge >= 0.3 is 0 Å². The van der Waals surface area contributed by atoms with Crippen LogP contribution in [0.1, 0.15) is 15.2 Å². The van der Waals surface area contributed by atoms with Crippen molar-refractivity contribution in [1.29, 1.82) is 0 Å². The second-order valence-corrected chi connectivity index (χ2v) is 6.31. The van der Waals surface area contributed by atoms with Crippen molar-refractivity contribution in [1.82, 2.24) is 4.98 Å². The van der Waals surface area contributed by atoms with Gasteiger partial charge in [0, 0.05) is 17.1 Å². The standard InChI is InChI=1S/C14H8BrNOS/c15-13-6-5-12(18-13)14(17)10-7-9-3-1-2-4-11(9)16-8-10/h1-8H. The zero-order valence-electron chi connectivity index (χ0n) is 9.26. The van der Waals surface area contributed by atoms with Gasteiger partial charge in [0.05, 0.1) is 14.2 Å².